The molecule has 0 aliphatic carbocycles. The molecule has 21 heavy (non-hydrogen) atoms. The van der Waals surface area contributed by atoms with Crippen LogP contribution in [0.15, 0.2) is 15.7 Å². The van der Waals surface area contributed by atoms with Gasteiger partial charge in [0.25, 0.3) is 5.56 Å². The molecule has 0 unspecified atom stereocenters. The number of hydrogen-bond acceptors (Lipinski definition) is 5. The molecule has 8 heteroatoms. The summed E-state index contributed by atoms with van der Waals surface area (Å²) in [7, 11) is 4.59. The third kappa shape index (κ3) is 2.39. The number of aryl methyl sites for hydroxylation is 2. The lowest BCUT2D eigenvalue weighted by Crippen LogP contribution is -2.37. The molecule has 0 aromatic carbocycles. The summed E-state index contributed by atoms with van der Waals surface area (Å²) in [6, 6.07) is 0. The molecule has 0 radical (unpaired) electrons. The normalized spacial score (nSPS) is 11.4. The zero-order valence-corrected chi connectivity index (χ0v) is 12.3. The van der Waals surface area contributed by atoms with Crippen LogP contribution in [-0.2, 0) is 30.7 Å². The Hall–Kier alpha value is -2.64. The van der Waals surface area contributed by atoms with Crippen LogP contribution in [0.25, 0.3) is 17.2 Å². The lowest BCUT2D eigenvalue weighted by atomic mass is 10.4. The van der Waals surface area contributed by atoms with Crippen molar-refractivity contribution < 1.29 is 9.53 Å². The van der Waals surface area contributed by atoms with Crippen LogP contribution < -0.4 is 11.2 Å². The largest absolute Gasteiger partial charge is 0.463 e. The molecule has 112 valence electrons. The Morgan fingerprint density at radius 2 is 1.86 bits per heavy atom. The highest BCUT2D eigenvalue weighted by atomic mass is 16.5. The highest BCUT2D eigenvalue weighted by molar-refractivity contribution is 5.87. The minimum Gasteiger partial charge on any atom is -0.463 e. The van der Waals surface area contributed by atoms with Crippen LogP contribution in [0, 0.1) is 0 Å². The maximum atomic E-state index is 12.1. The van der Waals surface area contributed by atoms with Crippen molar-refractivity contribution in [3.8, 4) is 0 Å². The fraction of sp³-hybridized carbons (Fsp3) is 0.385. The van der Waals surface area contributed by atoms with Crippen molar-refractivity contribution in [1.82, 2.24) is 18.7 Å². The first kappa shape index (κ1) is 14.8. The lowest BCUT2D eigenvalue weighted by molar-refractivity contribution is -0.137. The maximum absolute atomic E-state index is 12.1. The van der Waals surface area contributed by atoms with Crippen molar-refractivity contribution in [3.05, 3.63) is 32.7 Å². The molecule has 0 saturated carbocycles. The van der Waals surface area contributed by atoms with Crippen molar-refractivity contribution in [2.24, 2.45) is 21.1 Å². The Morgan fingerprint density at radius 1 is 1.19 bits per heavy atom. The SMILES string of the molecule is CCOC(=O)/C=C/c1nc2c(c(=O)n(C)c(=O)n2C)n1C. The van der Waals surface area contributed by atoms with E-state index < -0.39 is 17.2 Å². The standard InChI is InChI=1S/C13H16N4O4/c1-5-21-9(18)7-6-8-14-11-10(15(8)2)12(19)17(4)13(20)16(11)3/h6-7H,5H2,1-4H3/b7-6+. The van der Waals surface area contributed by atoms with E-state index in [0.29, 0.717) is 11.3 Å². The Morgan fingerprint density at radius 3 is 2.48 bits per heavy atom. The molecule has 0 atom stereocenters. The van der Waals surface area contributed by atoms with Gasteiger partial charge in [-0.25, -0.2) is 14.6 Å². The lowest BCUT2D eigenvalue weighted by Gasteiger charge is -2.02. The van der Waals surface area contributed by atoms with Crippen molar-refractivity contribution in [1.29, 1.82) is 0 Å². The van der Waals surface area contributed by atoms with E-state index in [4.69, 9.17) is 4.74 Å². The highest BCUT2D eigenvalue weighted by Gasteiger charge is 2.15. The van der Waals surface area contributed by atoms with Gasteiger partial charge in [-0.05, 0) is 13.0 Å². The number of hydrogen-bond donors (Lipinski definition) is 0. The monoisotopic (exact) mass is 292 g/mol. The van der Waals surface area contributed by atoms with Gasteiger partial charge in [0.15, 0.2) is 11.2 Å². The smallest absolute Gasteiger partial charge is 0.332 e. The number of ether oxygens (including phenoxy) is 1. The van der Waals surface area contributed by atoms with Crippen LogP contribution in [-0.4, -0.2) is 31.3 Å². The molecule has 2 aromatic heterocycles. The number of esters is 1. The van der Waals surface area contributed by atoms with E-state index in [-0.39, 0.29) is 12.3 Å². The van der Waals surface area contributed by atoms with Gasteiger partial charge in [-0.3, -0.25) is 13.9 Å². The number of imidazole rings is 1. The third-order valence-corrected chi connectivity index (χ3v) is 3.17. The van der Waals surface area contributed by atoms with Gasteiger partial charge in [-0.15, -0.1) is 0 Å². The van der Waals surface area contributed by atoms with Gasteiger partial charge >= 0.3 is 11.7 Å². The van der Waals surface area contributed by atoms with Crippen molar-refractivity contribution in [3.63, 3.8) is 0 Å². The summed E-state index contributed by atoms with van der Waals surface area (Å²) in [6.45, 7) is 1.99. The number of nitrogens with zero attached hydrogens (tertiary/aromatic N) is 4. The van der Waals surface area contributed by atoms with E-state index in [9.17, 15) is 14.4 Å². The predicted molar refractivity (Wildman–Crippen MR) is 76.9 cm³/mol. The molecule has 0 bridgehead atoms. The van der Waals surface area contributed by atoms with Crippen molar-refractivity contribution in [2.75, 3.05) is 6.61 Å². The average Bonchev–Trinajstić information content (AvgIpc) is 2.78. The fourth-order valence-corrected chi connectivity index (χ4v) is 2.02. The van der Waals surface area contributed by atoms with Crippen LogP contribution in [0.5, 0.6) is 0 Å². The van der Waals surface area contributed by atoms with E-state index in [1.54, 1.807) is 14.0 Å². The first-order valence-electron chi connectivity index (χ1n) is 6.35. The van der Waals surface area contributed by atoms with Gasteiger partial charge in [-0.1, -0.05) is 0 Å². The van der Waals surface area contributed by atoms with Gasteiger partial charge in [-0.2, -0.15) is 0 Å². The summed E-state index contributed by atoms with van der Waals surface area (Å²) in [6.07, 6.45) is 2.68. The molecule has 0 amide bonds. The first-order valence-corrected chi connectivity index (χ1v) is 6.35. The van der Waals surface area contributed by atoms with Crippen LogP contribution in [0.2, 0.25) is 0 Å². The van der Waals surface area contributed by atoms with E-state index in [2.05, 4.69) is 4.98 Å². The Balaban J connectivity index is 2.65. The van der Waals surface area contributed by atoms with Crippen LogP contribution in [0.4, 0.5) is 0 Å². The quantitative estimate of drug-likeness (QED) is 0.564. The van der Waals surface area contributed by atoms with Crippen molar-refractivity contribution >= 4 is 23.2 Å². The van der Waals surface area contributed by atoms with E-state index in [1.165, 1.54) is 35.4 Å². The van der Waals surface area contributed by atoms with E-state index >= 15 is 0 Å². The Labute approximate surface area is 119 Å². The number of rotatable bonds is 3. The zero-order valence-electron chi connectivity index (χ0n) is 12.3. The number of carbonyl (C=O) groups excluding carboxylic acids is 1. The van der Waals surface area contributed by atoms with Crippen LogP contribution in [0.1, 0.15) is 12.7 Å². The predicted octanol–water partition coefficient (Wildman–Crippen LogP) is -0.453. The molecule has 0 N–H and O–H groups in total. The summed E-state index contributed by atoms with van der Waals surface area (Å²) in [5.41, 5.74) is -0.317. The van der Waals surface area contributed by atoms with Gasteiger partial charge in [0.05, 0.1) is 6.61 Å². The number of fused-ring (bicyclic) bond motifs is 1. The van der Waals surface area contributed by atoms with Gasteiger partial charge < -0.3 is 9.30 Å². The minimum absolute atomic E-state index is 0.272. The van der Waals surface area contributed by atoms with Crippen LogP contribution >= 0.6 is 0 Å². The summed E-state index contributed by atoms with van der Waals surface area (Å²) >= 11 is 0. The molecule has 2 rings (SSSR count). The molecule has 2 heterocycles. The van der Waals surface area contributed by atoms with Gasteiger partial charge in [0.1, 0.15) is 5.82 Å². The second-order valence-corrected chi connectivity index (χ2v) is 4.49. The topological polar surface area (TPSA) is 88.1 Å². The Kier molecular flexibility index (Phi) is 3.79. The second kappa shape index (κ2) is 5.39. The summed E-state index contributed by atoms with van der Waals surface area (Å²) < 4.78 is 8.62. The average molecular weight is 292 g/mol. The van der Waals surface area contributed by atoms with Gasteiger partial charge in [0.2, 0.25) is 0 Å². The molecule has 0 aliphatic rings. The van der Waals surface area contributed by atoms with Gasteiger partial charge in [0, 0.05) is 27.2 Å². The fourth-order valence-electron chi connectivity index (χ4n) is 2.02. The summed E-state index contributed by atoms with van der Waals surface area (Å²) in [5, 5.41) is 0. The zero-order chi connectivity index (χ0) is 15.7. The summed E-state index contributed by atoms with van der Waals surface area (Å²) in [5.74, 6) is -0.109. The summed E-state index contributed by atoms with van der Waals surface area (Å²) in [4.78, 5) is 39.6. The molecular weight excluding hydrogens is 276 g/mol. The first-order chi connectivity index (χ1) is 9.88. The molecule has 2 aromatic rings. The van der Waals surface area contributed by atoms with E-state index in [0.717, 1.165) is 4.57 Å². The second-order valence-electron chi connectivity index (χ2n) is 4.49. The molecule has 0 fully saturated rings. The maximum Gasteiger partial charge on any atom is 0.332 e. The highest BCUT2D eigenvalue weighted by Crippen LogP contribution is 2.10. The molecular formula is C13H16N4O4. The van der Waals surface area contributed by atoms with E-state index in [1.807, 2.05) is 0 Å². The van der Waals surface area contributed by atoms with Crippen molar-refractivity contribution in [2.45, 2.75) is 6.92 Å². The third-order valence-electron chi connectivity index (χ3n) is 3.17. The number of carbonyl (C=O) groups is 1. The van der Waals surface area contributed by atoms with Crippen LogP contribution in [0.3, 0.4) is 0 Å². The Bertz CT molecular complexity index is 854. The molecule has 0 saturated heterocycles. The minimum atomic E-state index is -0.494. The number of aromatic nitrogens is 4. The molecule has 8 nitrogen and oxygen atoms in total. The molecule has 0 spiro atoms. The molecule has 0 aliphatic heterocycles.